The summed E-state index contributed by atoms with van der Waals surface area (Å²) in [4.78, 5) is 12.9. The highest BCUT2D eigenvalue weighted by Crippen LogP contribution is 2.18. The van der Waals surface area contributed by atoms with Crippen molar-refractivity contribution < 1.29 is 9.53 Å². The van der Waals surface area contributed by atoms with Gasteiger partial charge in [0.25, 0.3) is 0 Å². The molecule has 0 N–H and O–H groups in total. The van der Waals surface area contributed by atoms with E-state index in [1.165, 1.54) is 23.4 Å². The topological polar surface area (TPSA) is 29.5 Å². The Morgan fingerprint density at radius 2 is 1.83 bits per heavy atom. The van der Waals surface area contributed by atoms with Crippen molar-refractivity contribution in [2.45, 2.75) is 13.5 Å². The van der Waals surface area contributed by atoms with Crippen LogP contribution in [0.15, 0.2) is 36.4 Å². The number of hydrogen-bond donors (Lipinski definition) is 0. The first-order chi connectivity index (χ1) is 8.60. The van der Waals surface area contributed by atoms with E-state index in [1.54, 1.807) is 11.9 Å². The Bertz CT molecular complexity index is 578. The molecule has 0 heterocycles. The Labute approximate surface area is 107 Å². The molecular weight excluding hydrogens is 226 g/mol. The molecule has 94 valence electrons. The average molecular weight is 243 g/mol. The number of carbonyl (C=O) groups excluding carboxylic acids is 1. The summed E-state index contributed by atoms with van der Waals surface area (Å²) >= 11 is 0. The van der Waals surface area contributed by atoms with Gasteiger partial charge in [0.1, 0.15) is 0 Å². The predicted octanol–water partition coefficient (Wildman–Crippen LogP) is 3.35. The van der Waals surface area contributed by atoms with Gasteiger partial charge < -0.3 is 9.64 Å². The van der Waals surface area contributed by atoms with Crippen molar-refractivity contribution in [2.75, 3.05) is 14.2 Å². The van der Waals surface area contributed by atoms with E-state index in [2.05, 4.69) is 42.0 Å². The quantitative estimate of drug-likeness (QED) is 0.809. The zero-order valence-corrected chi connectivity index (χ0v) is 10.9. The van der Waals surface area contributed by atoms with Crippen molar-refractivity contribution in [3.8, 4) is 0 Å². The number of benzene rings is 2. The minimum Gasteiger partial charge on any atom is -0.453 e. The van der Waals surface area contributed by atoms with Gasteiger partial charge in [0, 0.05) is 13.6 Å². The Morgan fingerprint density at radius 3 is 2.56 bits per heavy atom. The number of carbonyl (C=O) groups is 1. The number of aryl methyl sites for hydroxylation is 1. The van der Waals surface area contributed by atoms with Crippen LogP contribution in [0.1, 0.15) is 11.1 Å². The Kier molecular flexibility index (Phi) is 3.51. The molecule has 0 spiro atoms. The van der Waals surface area contributed by atoms with Crippen LogP contribution >= 0.6 is 0 Å². The molecule has 0 bridgehead atoms. The third kappa shape index (κ3) is 2.62. The normalized spacial score (nSPS) is 10.4. The second-order valence-electron chi connectivity index (χ2n) is 4.51. The monoisotopic (exact) mass is 243 g/mol. The summed E-state index contributed by atoms with van der Waals surface area (Å²) in [5, 5.41) is 2.41. The van der Waals surface area contributed by atoms with Crippen molar-refractivity contribution in [1.29, 1.82) is 0 Å². The minimum absolute atomic E-state index is 0.320. The van der Waals surface area contributed by atoms with E-state index in [0.29, 0.717) is 6.54 Å². The molecule has 0 fully saturated rings. The van der Waals surface area contributed by atoms with Gasteiger partial charge in [-0.1, -0.05) is 35.9 Å². The van der Waals surface area contributed by atoms with Gasteiger partial charge in [-0.3, -0.25) is 0 Å². The van der Waals surface area contributed by atoms with Gasteiger partial charge in [-0.25, -0.2) is 4.79 Å². The lowest BCUT2D eigenvalue weighted by atomic mass is 10.0. The van der Waals surface area contributed by atoms with E-state index >= 15 is 0 Å². The average Bonchev–Trinajstić information content (AvgIpc) is 2.38. The van der Waals surface area contributed by atoms with Gasteiger partial charge in [0.05, 0.1) is 7.11 Å². The van der Waals surface area contributed by atoms with Gasteiger partial charge in [-0.2, -0.15) is 0 Å². The molecule has 0 aromatic heterocycles. The van der Waals surface area contributed by atoms with E-state index in [0.717, 1.165) is 5.56 Å². The largest absolute Gasteiger partial charge is 0.453 e. The molecule has 0 radical (unpaired) electrons. The summed E-state index contributed by atoms with van der Waals surface area (Å²) < 4.78 is 4.67. The number of amides is 1. The summed E-state index contributed by atoms with van der Waals surface area (Å²) in [7, 11) is 3.12. The maximum absolute atomic E-state index is 11.3. The van der Waals surface area contributed by atoms with Crippen LogP contribution in [0, 0.1) is 6.92 Å². The second-order valence-corrected chi connectivity index (χ2v) is 4.51. The van der Waals surface area contributed by atoms with Crippen LogP contribution in [0.2, 0.25) is 0 Å². The van der Waals surface area contributed by atoms with Crippen LogP contribution in [0.4, 0.5) is 4.79 Å². The lowest BCUT2D eigenvalue weighted by Crippen LogP contribution is -2.25. The number of methoxy groups -OCH3 is 1. The molecule has 3 heteroatoms. The lowest BCUT2D eigenvalue weighted by Gasteiger charge is -2.15. The van der Waals surface area contributed by atoms with Gasteiger partial charge in [0.15, 0.2) is 0 Å². The fraction of sp³-hybridized carbons (Fsp3) is 0.267. The molecule has 0 aliphatic carbocycles. The highest BCUT2D eigenvalue weighted by Gasteiger charge is 2.08. The summed E-state index contributed by atoms with van der Waals surface area (Å²) in [6, 6.07) is 12.6. The van der Waals surface area contributed by atoms with E-state index < -0.39 is 0 Å². The van der Waals surface area contributed by atoms with E-state index in [-0.39, 0.29) is 6.09 Å². The number of ether oxygens (including phenoxy) is 1. The van der Waals surface area contributed by atoms with E-state index in [4.69, 9.17) is 0 Å². The first-order valence-electron chi connectivity index (χ1n) is 5.88. The Balaban J connectivity index is 2.25. The predicted molar refractivity (Wildman–Crippen MR) is 72.6 cm³/mol. The highest BCUT2D eigenvalue weighted by molar-refractivity contribution is 5.83. The molecule has 0 saturated heterocycles. The Morgan fingerprint density at radius 1 is 1.17 bits per heavy atom. The smallest absolute Gasteiger partial charge is 0.409 e. The van der Waals surface area contributed by atoms with E-state index in [9.17, 15) is 4.79 Å². The molecule has 2 aromatic carbocycles. The molecule has 0 aliphatic rings. The highest BCUT2D eigenvalue weighted by atomic mass is 16.5. The lowest BCUT2D eigenvalue weighted by molar-refractivity contribution is 0.131. The van der Waals surface area contributed by atoms with Crippen molar-refractivity contribution >= 4 is 16.9 Å². The molecule has 0 unspecified atom stereocenters. The summed E-state index contributed by atoms with van der Waals surface area (Å²) in [5.74, 6) is 0. The van der Waals surface area contributed by atoms with Crippen LogP contribution in [-0.4, -0.2) is 25.2 Å². The van der Waals surface area contributed by atoms with Crippen LogP contribution < -0.4 is 0 Å². The first kappa shape index (κ1) is 12.4. The second kappa shape index (κ2) is 5.08. The molecule has 0 aliphatic heterocycles. The maximum Gasteiger partial charge on any atom is 0.409 e. The molecule has 3 nitrogen and oxygen atoms in total. The van der Waals surface area contributed by atoms with E-state index in [1.807, 2.05) is 6.07 Å². The van der Waals surface area contributed by atoms with Crippen molar-refractivity contribution in [3.63, 3.8) is 0 Å². The molecule has 18 heavy (non-hydrogen) atoms. The maximum atomic E-state index is 11.3. The van der Waals surface area contributed by atoms with Crippen LogP contribution in [0.5, 0.6) is 0 Å². The SMILES string of the molecule is COC(=O)N(C)Cc1ccc2cc(C)ccc2c1. The summed E-state index contributed by atoms with van der Waals surface area (Å²) in [6.07, 6.45) is -0.320. The van der Waals surface area contributed by atoms with Gasteiger partial charge >= 0.3 is 6.09 Å². The Hall–Kier alpha value is -2.03. The summed E-state index contributed by atoms with van der Waals surface area (Å²) in [5.41, 5.74) is 2.35. The minimum atomic E-state index is -0.320. The molecule has 2 aromatic rings. The van der Waals surface area contributed by atoms with Gasteiger partial charge in [-0.15, -0.1) is 0 Å². The zero-order valence-electron chi connectivity index (χ0n) is 10.9. The molecule has 0 atom stereocenters. The number of hydrogen-bond acceptors (Lipinski definition) is 2. The van der Waals surface area contributed by atoms with Gasteiger partial charge in [-0.05, 0) is 29.3 Å². The molecule has 2 rings (SSSR count). The molecule has 1 amide bonds. The fourth-order valence-electron chi connectivity index (χ4n) is 2.01. The number of fused-ring (bicyclic) bond motifs is 1. The van der Waals surface area contributed by atoms with Gasteiger partial charge in [0.2, 0.25) is 0 Å². The summed E-state index contributed by atoms with van der Waals surface area (Å²) in [6.45, 7) is 2.63. The van der Waals surface area contributed by atoms with Crippen LogP contribution in [-0.2, 0) is 11.3 Å². The standard InChI is InChI=1S/C15H17NO2/c1-11-4-6-14-9-12(5-7-13(14)8-11)10-16(2)15(17)18-3/h4-9H,10H2,1-3H3. The fourth-order valence-corrected chi connectivity index (χ4v) is 2.01. The number of nitrogens with zero attached hydrogens (tertiary/aromatic N) is 1. The van der Waals surface area contributed by atoms with Crippen LogP contribution in [0.25, 0.3) is 10.8 Å². The third-order valence-electron chi connectivity index (χ3n) is 2.97. The zero-order chi connectivity index (χ0) is 13.1. The van der Waals surface area contributed by atoms with Crippen molar-refractivity contribution in [1.82, 2.24) is 4.90 Å². The van der Waals surface area contributed by atoms with Crippen LogP contribution in [0.3, 0.4) is 0 Å². The number of rotatable bonds is 2. The first-order valence-corrected chi connectivity index (χ1v) is 5.88. The third-order valence-corrected chi connectivity index (χ3v) is 2.97. The molecule has 0 saturated carbocycles. The molecular formula is C15H17NO2. The van der Waals surface area contributed by atoms with Crippen molar-refractivity contribution in [3.05, 3.63) is 47.5 Å². The van der Waals surface area contributed by atoms with Crippen molar-refractivity contribution in [2.24, 2.45) is 0 Å².